The van der Waals surface area contributed by atoms with Crippen LogP contribution < -0.4 is 10.5 Å². The number of benzene rings is 2. The molecular formula is C14H18N2O2S. The number of nitrogen functional groups attached to an aromatic ring is 1. The molecule has 19 heavy (non-hydrogen) atoms. The van der Waals surface area contributed by atoms with Crippen molar-refractivity contribution in [2.75, 3.05) is 12.3 Å². The van der Waals surface area contributed by atoms with E-state index in [9.17, 15) is 8.42 Å². The van der Waals surface area contributed by atoms with E-state index in [0.717, 1.165) is 23.6 Å². The number of fused-ring (bicyclic) bond motifs is 1. The van der Waals surface area contributed by atoms with Crippen molar-refractivity contribution in [1.82, 2.24) is 4.72 Å². The summed E-state index contributed by atoms with van der Waals surface area (Å²) in [4.78, 5) is 0.292. The lowest BCUT2D eigenvalue weighted by atomic mass is 10.1. The van der Waals surface area contributed by atoms with Crippen LogP contribution in [0.5, 0.6) is 0 Å². The Morgan fingerprint density at radius 3 is 2.53 bits per heavy atom. The van der Waals surface area contributed by atoms with E-state index < -0.39 is 10.0 Å². The Bertz CT molecular complexity index is 681. The molecule has 0 saturated carbocycles. The van der Waals surface area contributed by atoms with Gasteiger partial charge in [-0.3, -0.25) is 0 Å². The van der Waals surface area contributed by atoms with Gasteiger partial charge in [0, 0.05) is 12.2 Å². The third-order valence-electron chi connectivity index (χ3n) is 2.97. The topological polar surface area (TPSA) is 72.2 Å². The first-order valence-electron chi connectivity index (χ1n) is 6.32. The van der Waals surface area contributed by atoms with Crippen LogP contribution in [0.4, 0.5) is 5.69 Å². The molecule has 0 radical (unpaired) electrons. The Hall–Kier alpha value is -1.59. The Morgan fingerprint density at radius 2 is 1.79 bits per heavy atom. The van der Waals surface area contributed by atoms with Crippen LogP contribution in [0, 0.1) is 0 Å². The van der Waals surface area contributed by atoms with Crippen LogP contribution in [-0.2, 0) is 10.0 Å². The third kappa shape index (κ3) is 3.24. The summed E-state index contributed by atoms with van der Waals surface area (Å²) in [5, 5.41) is 1.81. The molecule has 0 aliphatic rings. The van der Waals surface area contributed by atoms with Crippen molar-refractivity contribution < 1.29 is 8.42 Å². The lowest BCUT2D eigenvalue weighted by molar-refractivity contribution is 0.578. The predicted octanol–water partition coefficient (Wildman–Crippen LogP) is 2.50. The molecule has 0 aliphatic carbocycles. The normalized spacial score (nSPS) is 11.8. The minimum atomic E-state index is -3.42. The number of rotatable bonds is 5. The zero-order valence-corrected chi connectivity index (χ0v) is 11.7. The molecular weight excluding hydrogens is 260 g/mol. The summed E-state index contributed by atoms with van der Waals surface area (Å²) in [7, 11) is -3.42. The smallest absolute Gasteiger partial charge is 0.240 e. The van der Waals surface area contributed by atoms with E-state index in [4.69, 9.17) is 5.73 Å². The molecule has 0 heterocycles. The first kappa shape index (κ1) is 13.8. The van der Waals surface area contributed by atoms with E-state index in [1.165, 1.54) is 0 Å². The van der Waals surface area contributed by atoms with Crippen LogP contribution >= 0.6 is 0 Å². The fourth-order valence-corrected chi connectivity index (χ4v) is 2.99. The maximum Gasteiger partial charge on any atom is 0.240 e. The van der Waals surface area contributed by atoms with E-state index in [-0.39, 0.29) is 0 Å². The lowest BCUT2D eigenvalue weighted by Crippen LogP contribution is -2.24. The number of nitrogens with one attached hydrogen (secondary N) is 1. The number of unbranched alkanes of at least 4 members (excludes halogenated alkanes) is 1. The number of hydrogen-bond acceptors (Lipinski definition) is 3. The van der Waals surface area contributed by atoms with Gasteiger partial charge in [-0.15, -0.1) is 0 Å². The molecule has 2 aromatic rings. The molecule has 0 amide bonds. The van der Waals surface area contributed by atoms with Crippen molar-refractivity contribution in [3.8, 4) is 0 Å². The number of hydrogen-bond donors (Lipinski definition) is 2. The van der Waals surface area contributed by atoms with Gasteiger partial charge in [-0.1, -0.05) is 25.5 Å². The summed E-state index contributed by atoms with van der Waals surface area (Å²) in [6.07, 6.45) is 1.79. The van der Waals surface area contributed by atoms with Crippen molar-refractivity contribution in [2.45, 2.75) is 24.7 Å². The summed E-state index contributed by atoms with van der Waals surface area (Å²) in [6.45, 7) is 2.49. The minimum absolute atomic E-state index is 0.292. The zero-order valence-electron chi connectivity index (χ0n) is 10.9. The Morgan fingerprint density at radius 1 is 1.11 bits per heavy atom. The van der Waals surface area contributed by atoms with Crippen LogP contribution in [0.3, 0.4) is 0 Å². The highest BCUT2D eigenvalue weighted by atomic mass is 32.2. The van der Waals surface area contributed by atoms with Gasteiger partial charge >= 0.3 is 0 Å². The minimum Gasteiger partial charge on any atom is -0.399 e. The maximum absolute atomic E-state index is 12.1. The zero-order chi connectivity index (χ0) is 13.9. The average Bonchev–Trinajstić information content (AvgIpc) is 2.38. The second kappa shape index (κ2) is 5.59. The molecule has 0 bridgehead atoms. The van der Waals surface area contributed by atoms with Gasteiger partial charge in [-0.25, -0.2) is 13.1 Å². The Balaban J connectivity index is 2.32. The maximum atomic E-state index is 12.1. The van der Waals surface area contributed by atoms with Crippen LogP contribution in [0.1, 0.15) is 19.8 Å². The van der Waals surface area contributed by atoms with Crippen LogP contribution in [0.2, 0.25) is 0 Å². The van der Waals surface area contributed by atoms with E-state index in [2.05, 4.69) is 4.72 Å². The van der Waals surface area contributed by atoms with E-state index >= 15 is 0 Å². The largest absolute Gasteiger partial charge is 0.399 e. The van der Waals surface area contributed by atoms with Gasteiger partial charge in [0.2, 0.25) is 10.0 Å². The predicted molar refractivity (Wildman–Crippen MR) is 78.5 cm³/mol. The van der Waals surface area contributed by atoms with Gasteiger partial charge in [-0.05, 0) is 41.5 Å². The molecule has 0 saturated heterocycles. The lowest BCUT2D eigenvalue weighted by Gasteiger charge is -2.07. The molecule has 0 aliphatic heterocycles. The van der Waals surface area contributed by atoms with Crippen LogP contribution in [0.15, 0.2) is 41.3 Å². The molecule has 0 aromatic heterocycles. The first-order valence-corrected chi connectivity index (χ1v) is 7.80. The van der Waals surface area contributed by atoms with Crippen LogP contribution in [-0.4, -0.2) is 15.0 Å². The second-order valence-electron chi connectivity index (χ2n) is 4.52. The monoisotopic (exact) mass is 278 g/mol. The molecule has 5 heteroatoms. The van der Waals surface area contributed by atoms with E-state index in [1.807, 2.05) is 19.1 Å². The van der Waals surface area contributed by atoms with Gasteiger partial charge < -0.3 is 5.73 Å². The molecule has 0 fully saturated rings. The molecule has 0 atom stereocenters. The summed E-state index contributed by atoms with van der Waals surface area (Å²) in [5.41, 5.74) is 6.37. The van der Waals surface area contributed by atoms with Gasteiger partial charge in [0.15, 0.2) is 0 Å². The summed E-state index contributed by atoms with van der Waals surface area (Å²) in [5.74, 6) is 0. The molecule has 4 nitrogen and oxygen atoms in total. The van der Waals surface area contributed by atoms with Crippen molar-refractivity contribution in [1.29, 1.82) is 0 Å². The van der Waals surface area contributed by atoms with Crippen molar-refractivity contribution in [3.63, 3.8) is 0 Å². The van der Waals surface area contributed by atoms with Gasteiger partial charge in [0.05, 0.1) is 4.90 Å². The fourth-order valence-electron chi connectivity index (χ4n) is 1.88. The second-order valence-corrected chi connectivity index (χ2v) is 6.29. The van der Waals surface area contributed by atoms with Crippen molar-refractivity contribution in [2.24, 2.45) is 0 Å². The first-order chi connectivity index (χ1) is 9.03. The molecule has 0 spiro atoms. The Kier molecular flexibility index (Phi) is 4.07. The summed E-state index contributed by atoms with van der Waals surface area (Å²) >= 11 is 0. The third-order valence-corrected chi connectivity index (χ3v) is 4.43. The SMILES string of the molecule is CCCCNS(=O)(=O)c1ccc2cc(N)ccc2c1. The summed E-state index contributed by atoms with van der Waals surface area (Å²) < 4.78 is 26.8. The molecule has 3 N–H and O–H groups in total. The average molecular weight is 278 g/mol. The van der Waals surface area contributed by atoms with E-state index in [0.29, 0.717) is 17.1 Å². The van der Waals surface area contributed by atoms with Gasteiger partial charge in [0.1, 0.15) is 0 Å². The highest BCUT2D eigenvalue weighted by molar-refractivity contribution is 7.89. The number of anilines is 1. The summed E-state index contributed by atoms with van der Waals surface area (Å²) in [6, 6.07) is 10.5. The fraction of sp³-hybridized carbons (Fsp3) is 0.286. The molecule has 2 rings (SSSR count). The molecule has 102 valence electrons. The highest BCUT2D eigenvalue weighted by Gasteiger charge is 2.13. The quantitative estimate of drug-likeness (QED) is 0.652. The standard InChI is InChI=1S/C14H18N2O2S/c1-2-3-8-16-19(17,18)14-7-5-11-9-13(15)6-4-12(11)10-14/h4-7,9-10,16H,2-3,8,15H2,1H3. The van der Waals surface area contributed by atoms with Crippen molar-refractivity contribution in [3.05, 3.63) is 36.4 Å². The number of sulfonamides is 1. The molecule has 0 unspecified atom stereocenters. The molecule has 2 aromatic carbocycles. The highest BCUT2D eigenvalue weighted by Crippen LogP contribution is 2.21. The van der Waals surface area contributed by atoms with E-state index in [1.54, 1.807) is 24.3 Å². The van der Waals surface area contributed by atoms with Crippen LogP contribution in [0.25, 0.3) is 10.8 Å². The van der Waals surface area contributed by atoms with Gasteiger partial charge in [-0.2, -0.15) is 0 Å². The number of nitrogens with two attached hydrogens (primary N) is 1. The van der Waals surface area contributed by atoms with Gasteiger partial charge in [0.25, 0.3) is 0 Å². The van der Waals surface area contributed by atoms with Crippen molar-refractivity contribution >= 4 is 26.5 Å². The Labute approximate surface area is 113 Å².